The Morgan fingerprint density at radius 3 is 2.43 bits per heavy atom. The molecule has 1 rings (SSSR count). The standard InChI is InChI=1S/C11H23IN2/c1-10(2,3)14-8-6-11(9-14,13-4)5-7-12/h13H,5-9H2,1-4H3. The van der Waals surface area contributed by atoms with E-state index in [9.17, 15) is 0 Å². The zero-order valence-corrected chi connectivity index (χ0v) is 12.0. The fourth-order valence-corrected chi connectivity index (χ4v) is 3.19. The number of halogens is 1. The van der Waals surface area contributed by atoms with E-state index < -0.39 is 0 Å². The van der Waals surface area contributed by atoms with Crippen LogP contribution in [0.5, 0.6) is 0 Å². The Labute approximate surface area is 102 Å². The minimum absolute atomic E-state index is 0.323. The fourth-order valence-electron chi connectivity index (χ4n) is 2.16. The maximum Gasteiger partial charge on any atom is 0.0325 e. The Balaban J connectivity index is 2.61. The van der Waals surface area contributed by atoms with E-state index in [-0.39, 0.29) is 0 Å². The van der Waals surface area contributed by atoms with Crippen molar-refractivity contribution < 1.29 is 0 Å². The molecule has 1 aliphatic rings. The summed E-state index contributed by atoms with van der Waals surface area (Å²) in [7, 11) is 2.11. The number of hydrogen-bond donors (Lipinski definition) is 1. The molecule has 0 aliphatic carbocycles. The van der Waals surface area contributed by atoms with Gasteiger partial charge in [-0.15, -0.1) is 0 Å². The van der Waals surface area contributed by atoms with Crippen LogP contribution in [0.25, 0.3) is 0 Å². The molecule has 1 heterocycles. The van der Waals surface area contributed by atoms with Gasteiger partial charge in [0.25, 0.3) is 0 Å². The summed E-state index contributed by atoms with van der Waals surface area (Å²) >= 11 is 2.48. The quantitative estimate of drug-likeness (QED) is 0.635. The van der Waals surface area contributed by atoms with Crippen LogP contribution in [0.2, 0.25) is 0 Å². The Kier molecular flexibility index (Phi) is 4.23. The lowest BCUT2D eigenvalue weighted by molar-refractivity contribution is 0.158. The largest absolute Gasteiger partial charge is 0.313 e. The smallest absolute Gasteiger partial charge is 0.0325 e. The minimum Gasteiger partial charge on any atom is -0.313 e. The van der Waals surface area contributed by atoms with Gasteiger partial charge in [-0.2, -0.15) is 0 Å². The van der Waals surface area contributed by atoms with E-state index in [1.165, 1.54) is 30.4 Å². The van der Waals surface area contributed by atoms with Gasteiger partial charge in [0.2, 0.25) is 0 Å². The van der Waals surface area contributed by atoms with Crippen LogP contribution in [-0.4, -0.2) is 40.5 Å². The second-order valence-corrected chi connectivity index (χ2v) is 6.39. The molecule has 1 atom stereocenters. The fraction of sp³-hybridized carbons (Fsp3) is 1.00. The van der Waals surface area contributed by atoms with Crippen molar-refractivity contribution in [2.45, 2.75) is 44.7 Å². The van der Waals surface area contributed by atoms with Crippen molar-refractivity contribution in [1.29, 1.82) is 0 Å². The van der Waals surface area contributed by atoms with Crippen LogP contribution in [0.1, 0.15) is 33.6 Å². The van der Waals surface area contributed by atoms with E-state index >= 15 is 0 Å². The number of hydrogen-bond acceptors (Lipinski definition) is 2. The highest BCUT2D eigenvalue weighted by atomic mass is 127. The molecule has 0 aromatic heterocycles. The van der Waals surface area contributed by atoms with Gasteiger partial charge in [0.1, 0.15) is 0 Å². The van der Waals surface area contributed by atoms with Crippen LogP contribution in [-0.2, 0) is 0 Å². The van der Waals surface area contributed by atoms with Crippen LogP contribution in [0.3, 0.4) is 0 Å². The highest BCUT2D eigenvalue weighted by Gasteiger charge is 2.39. The van der Waals surface area contributed by atoms with Crippen molar-refractivity contribution in [3.8, 4) is 0 Å². The first-order valence-electron chi connectivity index (χ1n) is 5.43. The van der Waals surface area contributed by atoms with Gasteiger partial charge >= 0.3 is 0 Å². The van der Waals surface area contributed by atoms with Gasteiger partial charge in [0.15, 0.2) is 0 Å². The molecule has 1 saturated heterocycles. The third-order valence-corrected chi connectivity index (χ3v) is 3.95. The summed E-state index contributed by atoms with van der Waals surface area (Å²) in [6.07, 6.45) is 2.58. The molecule has 3 heteroatoms. The monoisotopic (exact) mass is 310 g/mol. The molecule has 14 heavy (non-hydrogen) atoms. The summed E-state index contributed by atoms with van der Waals surface area (Å²) in [5.41, 5.74) is 0.707. The zero-order chi connectivity index (χ0) is 10.8. The van der Waals surface area contributed by atoms with Gasteiger partial charge in [-0.25, -0.2) is 0 Å². The first-order valence-corrected chi connectivity index (χ1v) is 6.96. The van der Waals surface area contributed by atoms with Crippen molar-refractivity contribution in [2.24, 2.45) is 0 Å². The lowest BCUT2D eigenvalue weighted by atomic mass is 9.95. The topological polar surface area (TPSA) is 15.3 Å². The van der Waals surface area contributed by atoms with Crippen molar-refractivity contribution in [3.05, 3.63) is 0 Å². The summed E-state index contributed by atoms with van der Waals surface area (Å²) in [4.78, 5) is 2.59. The normalized spacial score (nSPS) is 29.8. The number of likely N-dealkylation sites (N-methyl/N-ethyl adjacent to an activating group) is 1. The van der Waals surface area contributed by atoms with E-state index in [1.807, 2.05) is 0 Å². The number of nitrogens with zero attached hydrogens (tertiary/aromatic N) is 1. The van der Waals surface area contributed by atoms with E-state index in [0.717, 1.165) is 0 Å². The van der Waals surface area contributed by atoms with Crippen molar-refractivity contribution in [2.75, 3.05) is 24.6 Å². The van der Waals surface area contributed by atoms with Gasteiger partial charge in [0.05, 0.1) is 0 Å². The Morgan fingerprint density at radius 2 is 2.07 bits per heavy atom. The lowest BCUT2D eigenvalue weighted by Crippen LogP contribution is -2.49. The van der Waals surface area contributed by atoms with E-state index in [0.29, 0.717) is 11.1 Å². The maximum absolute atomic E-state index is 3.53. The first kappa shape index (κ1) is 12.7. The molecule has 1 aliphatic heterocycles. The van der Waals surface area contributed by atoms with Crippen LogP contribution in [0.15, 0.2) is 0 Å². The molecule has 1 N–H and O–H groups in total. The summed E-state index contributed by atoms with van der Waals surface area (Å²) in [6, 6.07) is 0. The third kappa shape index (κ3) is 2.83. The summed E-state index contributed by atoms with van der Waals surface area (Å²) in [5, 5.41) is 3.53. The van der Waals surface area contributed by atoms with E-state index in [4.69, 9.17) is 0 Å². The Hall–Kier alpha value is 0.650. The summed E-state index contributed by atoms with van der Waals surface area (Å²) in [6.45, 7) is 9.37. The number of rotatable bonds is 3. The highest BCUT2D eigenvalue weighted by Crippen LogP contribution is 2.30. The molecule has 0 saturated carbocycles. The van der Waals surface area contributed by atoms with Gasteiger partial charge in [-0.05, 0) is 40.7 Å². The lowest BCUT2D eigenvalue weighted by Gasteiger charge is -2.35. The van der Waals surface area contributed by atoms with Gasteiger partial charge in [0, 0.05) is 28.6 Å². The predicted molar refractivity (Wildman–Crippen MR) is 71.2 cm³/mol. The van der Waals surface area contributed by atoms with E-state index in [1.54, 1.807) is 0 Å². The third-order valence-electron chi connectivity index (χ3n) is 3.41. The second-order valence-electron chi connectivity index (χ2n) is 5.31. The molecule has 0 aromatic carbocycles. The van der Waals surface area contributed by atoms with Crippen LogP contribution >= 0.6 is 22.6 Å². The predicted octanol–water partition coefficient (Wildman–Crippen LogP) is 2.27. The van der Waals surface area contributed by atoms with Crippen LogP contribution < -0.4 is 5.32 Å². The molecule has 0 spiro atoms. The van der Waals surface area contributed by atoms with E-state index in [2.05, 4.69) is 60.6 Å². The molecule has 2 nitrogen and oxygen atoms in total. The second kappa shape index (κ2) is 4.66. The van der Waals surface area contributed by atoms with Gasteiger partial charge in [-0.3, -0.25) is 4.90 Å². The van der Waals surface area contributed by atoms with Crippen molar-refractivity contribution in [1.82, 2.24) is 10.2 Å². The number of alkyl halides is 1. The molecule has 0 aromatic rings. The molecule has 0 bridgehead atoms. The minimum atomic E-state index is 0.323. The number of likely N-dealkylation sites (tertiary alicyclic amines) is 1. The Morgan fingerprint density at radius 1 is 1.43 bits per heavy atom. The highest BCUT2D eigenvalue weighted by molar-refractivity contribution is 14.1. The molecule has 0 amide bonds. The maximum atomic E-state index is 3.53. The van der Waals surface area contributed by atoms with Gasteiger partial charge < -0.3 is 5.32 Å². The molecular formula is C11H23IN2. The Bertz CT molecular complexity index is 188. The molecule has 1 unspecified atom stereocenters. The van der Waals surface area contributed by atoms with Gasteiger partial charge in [-0.1, -0.05) is 22.6 Å². The molecule has 84 valence electrons. The average Bonchev–Trinajstić information content (AvgIpc) is 2.50. The van der Waals surface area contributed by atoms with Crippen LogP contribution in [0, 0.1) is 0 Å². The zero-order valence-electron chi connectivity index (χ0n) is 9.86. The SMILES string of the molecule is CNC1(CCI)CCN(C(C)(C)C)C1. The summed E-state index contributed by atoms with van der Waals surface area (Å²) in [5.74, 6) is 0. The first-order chi connectivity index (χ1) is 6.43. The average molecular weight is 310 g/mol. The van der Waals surface area contributed by atoms with Crippen molar-refractivity contribution >= 4 is 22.6 Å². The molecule has 0 radical (unpaired) electrons. The molecular weight excluding hydrogens is 287 g/mol. The van der Waals surface area contributed by atoms with Crippen LogP contribution in [0.4, 0.5) is 0 Å². The molecule has 1 fully saturated rings. The van der Waals surface area contributed by atoms with Crippen molar-refractivity contribution in [3.63, 3.8) is 0 Å². The summed E-state index contributed by atoms with van der Waals surface area (Å²) < 4.78 is 1.25. The number of nitrogens with one attached hydrogen (secondary N) is 1.